The molecule has 0 N–H and O–H groups in total. The number of benzene rings is 1. The van der Waals surface area contributed by atoms with Crippen LogP contribution in [0.4, 0.5) is 0 Å². The summed E-state index contributed by atoms with van der Waals surface area (Å²) in [5, 5.41) is 0. The first-order valence-corrected chi connectivity index (χ1v) is 6.47. The Kier molecular flexibility index (Phi) is 4.32. The van der Waals surface area contributed by atoms with Gasteiger partial charge in [-0.3, -0.25) is 0 Å². The van der Waals surface area contributed by atoms with Crippen LogP contribution in [0.3, 0.4) is 0 Å². The predicted molar refractivity (Wildman–Crippen MR) is 71.0 cm³/mol. The molecule has 1 aliphatic rings. The van der Waals surface area contributed by atoms with E-state index in [0.29, 0.717) is 5.88 Å². The number of allylic oxidation sites excluding steroid dienone is 2. The standard InChI is InChI=1S/C14H17ClO2/c1-11(4-2-7-15)12-5-6-13-14(10-12)17-9-3-8-16-13/h4-6,10H,2-3,7-9H2,1H3. The van der Waals surface area contributed by atoms with Crippen LogP contribution >= 0.6 is 11.6 Å². The molecule has 1 heterocycles. The quantitative estimate of drug-likeness (QED) is 0.760. The van der Waals surface area contributed by atoms with Crippen LogP contribution in [0.15, 0.2) is 24.3 Å². The van der Waals surface area contributed by atoms with Gasteiger partial charge in [-0.05, 0) is 36.6 Å². The van der Waals surface area contributed by atoms with Crippen molar-refractivity contribution in [1.29, 1.82) is 0 Å². The highest BCUT2D eigenvalue weighted by molar-refractivity contribution is 6.17. The van der Waals surface area contributed by atoms with Crippen molar-refractivity contribution in [2.75, 3.05) is 19.1 Å². The van der Waals surface area contributed by atoms with Gasteiger partial charge in [0.2, 0.25) is 0 Å². The second-order valence-electron chi connectivity index (χ2n) is 4.08. The van der Waals surface area contributed by atoms with E-state index in [2.05, 4.69) is 19.1 Å². The molecule has 17 heavy (non-hydrogen) atoms. The molecule has 0 unspecified atom stereocenters. The maximum Gasteiger partial charge on any atom is 0.161 e. The van der Waals surface area contributed by atoms with E-state index in [0.717, 1.165) is 37.6 Å². The van der Waals surface area contributed by atoms with Gasteiger partial charge in [-0.2, -0.15) is 0 Å². The smallest absolute Gasteiger partial charge is 0.161 e. The fraction of sp³-hybridized carbons (Fsp3) is 0.429. The van der Waals surface area contributed by atoms with Gasteiger partial charge >= 0.3 is 0 Å². The zero-order valence-corrected chi connectivity index (χ0v) is 10.8. The Morgan fingerprint density at radius 1 is 1.29 bits per heavy atom. The van der Waals surface area contributed by atoms with Crippen LogP contribution in [-0.2, 0) is 0 Å². The normalized spacial score (nSPS) is 15.5. The van der Waals surface area contributed by atoms with Crippen LogP contribution in [0.25, 0.3) is 5.57 Å². The molecule has 1 aromatic carbocycles. The molecule has 0 amide bonds. The molecule has 1 aliphatic heterocycles. The van der Waals surface area contributed by atoms with Gasteiger partial charge in [0.25, 0.3) is 0 Å². The predicted octanol–water partition coefficient (Wildman–Crippen LogP) is 3.88. The number of hydrogen-bond acceptors (Lipinski definition) is 2. The van der Waals surface area contributed by atoms with Crippen LogP contribution in [-0.4, -0.2) is 19.1 Å². The molecule has 0 spiro atoms. The zero-order chi connectivity index (χ0) is 12.1. The molecule has 3 heteroatoms. The molecule has 1 aromatic rings. The molecule has 0 atom stereocenters. The molecule has 0 radical (unpaired) electrons. The molecule has 0 saturated heterocycles. The van der Waals surface area contributed by atoms with E-state index in [1.54, 1.807) is 0 Å². The van der Waals surface area contributed by atoms with Gasteiger partial charge < -0.3 is 9.47 Å². The first-order chi connectivity index (χ1) is 8.31. The van der Waals surface area contributed by atoms with Gasteiger partial charge in [-0.1, -0.05) is 12.1 Å². The minimum absolute atomic E-state index is 0.655. The van der Waals surface area contributed by atoms with Gasteiger partial charge in [0, 0.05) is 12.3 Å². The highest BCUT2D eigenvalue weighted by Gasteiger charge is 2.10. The summed E-state index contributed by atoms with van der Waals surface area (Å²) in [6.07, 6.45) is 3.97. The van der Waals surface area contributed by atoms with Gasteiger partial charge in [0.05, 0.1) is 13.2 Å². The number of rotatable bonds is 3. The van der Waals surface area contributed by atoms with Gasteiger partial charge in [0.15, 0.2) is 11.5 Å². The number of fused-ring (bicyclic) bond motifs is 1. The highest BCUT2D eigenvalue weighted by atomic mass is 35.5. The Morgan fingerprint density at radius 2 is 2.06 bits per heavy atom. The number of halogens is 1. The molecular weight excluding hydrogens is 236 g/mol. The van der Waals surface area contributed by atoms with Crippen molar-refractivity contribution in [3.8, 4) is 11.5 Å². The van der Waals surface area contributed by atoms with Crippen molar-refractivity contribution in [1.82, 2.24) is 0 Å². The Hall–Kier alpha value is -1.15. The van der Waals surface area contributed by atoms with Crippen LogP contribution < -0.4 is 9.47 Å². The van der Waals surface area contributed by atoms with Crippen LogP contribution in [0, 0.1) is 0 Å². The lowest BCUT2D eigenvalue weighted by Gasteiger charge is -2.09. The van der Waals surface area contributed by atoms with E-state index in [-0.39, 0.29) is 0 Å². The summed E-state index contributed by atoms with van der Waals surface area (Å²) in [7, 11) is 0. The van der Waals surface area contributed by atoms with E-state index in [4.69, 9.17) is 21.1 Å². The summed E-state index contributed by atoms with van der Waals surface area (Å²) >= 11 is 5.68. The lowest BCUT2D eigenvalue weighted by Crippen LogP contribution is -1.97. The summed E-state index contributed by atoms with van der Waals surface area (Å²) < 4.78 is 11.3. The first kappa shape index (κ1) is 12.3. The van der Waals surface area contributed by atoms with Gasteiger partial charge in [0.1, 0.15) is 0 Å². The molecule has 2 rings (SSSR count). The van der Waals surface area contributed by atoms with E-state index in [1.165, 1.54) is 11.1 Å². The molecular formula is C14H17ClO2. The third kappa shape index (κ3) is 3.16. The Morgan fingerprint density at radius 3 is 2.82 bits per heavy atom. The average Bonchev–Trinajstić information content (AvgIpc) is 2.60. The number of ether oxygens (including phenoxy) is 2. The third-order valence-electron chi connectivity index (χ3n) is 2.76. The molecule has 0 aromatic heterocycles. The van der Waals surface area contributed by atoms with E-state index < -0.39 is 0 Å². The van der Waals surface area contributed by atoms with Crippen molar-refractivity contribution >= 4 is 17.2 Å². The SMILES string of the molecule is CC(=CCCCl)c1ccc2c(c1)OCCCO2. The molecule has 92 valence electrons. The second kappa shape index (κ2) is 5.97. The second-order valence-corrected chi connectivity index (χ2v) is 4.45. The molecule has 0 bridgehead atoms. The van der Waals surface area contributed by atoms with Crippen LogP contribution in [0.1, 0.15) is 25.3 Å². The fourth-order valence-electron chi connectivity index (χ4n) is 1.80. The highest BCUT2D eigenvalue weighted by Crippen LogP contribution is 2.32. The summed E-state index contributed by atoms with van der Waals surface area (Å²) in [6, 6.07) is 6.09. The Labute approximate surface area is 107 Å². The monoisotopic (exact) mass is 252 g/mol. The van der Waals surface area contributed by atoms with Crippen LogP contribution in [0.2, 0.25) is 0 Å². The minimum Gasteiger partial charge on any atom is -0.490 e. The zero-order valence-electron chi connectivity index (χ0n) is 10.0. The topological polar surface area (TPSA) is 18.5 Å². The molecule has 0 aliphatic carbocycles. The maximum atomic E-state index is 5.68. The van der Waals surface area contributed by atoms with Crippen molar-refractivity contribution in [2.24, 2.45) is 0 Å². The third-order valence-corrected chi connectivity index (χ3v) is 2.98. The minimum atomic E-state index is 0.655. The van der Waals surface area contributed by atoms with E-state index >= 15 is 0 Å². The number of alkyl halides is 1. The van der Waals surface area contributed by atoms with Crippen molar-refractivity contribution < 1.29 is 9.47 Å². The maximum absolute atomic E-state index is 5.68. The molecule has 0 saturated carbocycles. The van der Waals surface area contributed by atoms with Crippen molar-refractivity contribution in [2.45, 2.75) is 19.8 Å². The Bertz CT molecular complexity index is 413. The van der Waals surface area contributed by atoms with Gasteiger partial charge in [-0.15, -0.1) is 11.6 Å². The Balaban J connectivity index is 2.23. The van der Waals surface area contributed by atoms with Gasteiger partial charge in [-0.25, -0.2) is 0 Å². The fourth-order valence-corrected chi connectivity index (χ4v) is 1.91. The molecule has 0 fully saturated rings. The van der Waals surface area contributed by atoms with Crippen molar-refractivity contribution in [3.05, 3.63) is 29.8 Å². The van der Waals surface area contributed by atoms with E-state index in [9.17, 15) is 0 Å². The van der Waals surface area contributed by atoms with Crippen molar-refractivity contribution in [3.63, 3.8) is 0 Å². The summed E-state index contributed by atoms with van der Waals surface area (Å²) in [4.78, 5) is 0. The largest absolute Gasteiger partial charge is 0.490 e. The van der Waals surface area contributed by atoms with Crippen LogP contribution in [0.5, 0.6) is 11.5 Å². The summed E-state index contributed by atoms with van der Waals surface area (Å²) in [6.45, 7) is 3.54. The first-order valence-electron chi connectivity index (χ1n) is 5.94. The lowest BCUT2D eigenvalue weighted by molar-refractivity contribution is 0.297. The average molecular weight is 253 g/mol. The van der Waals surface area contributed by atoms with E-state index in [1.807, 2.05) is 12.1 Å². The summed E-state index contributed by atoms with van der Waals surface area (Å²) in [5.41, 5.74) is 2.39. The summed E-state index contributed by atoms with van der Waals surface area (Å²) in [5.74, 6) is 2.34. The number of hydrogen-bond donors (Lipinski definition) is 0. The lowest BCUT2D eigenvalue weighted by atomic mass is 10.1. The molecule has 2 nitrogen and oxygen atoms in total.